The lowest BCUT2D eigenvalue weighted by molar-refractivity contribution is -0.132. The van der Waals surface area contributed by atoms with Gasteiger partial charge in [0.15, 0.2) is 0 Å². The van der Waals surface area contributed by atoms with Gasteiger partial charge in [-0.25, -0.2) is 0 Å². The van der Waals surface area contributed by atoms with Crippen molar-refractivity contribution in [3.63, 3.8) is 0 Å². The highest BCUT2D eigenvalue weighted by Crippen LogP contribution is 2.25. The molecule has 2 nitrogen and oxygen atoms in total. The third kappa shape index (κ3) is 2.01. The van der Waals surface area contributed by atoms with Crippen LogP contribution >= 0.6 is 12.6 Å². The van der Waals surface area contributed by atoms with Crippen LogP contribution in [-0.4, -0.2) is 5.97 Å². The van der Waals surface area contributed by atoms with Crippen LogP contribution in [0, 0.1) is 6.92 Å². The van der Waals surface area contributed by atoms with Crippen LogP contribution in [0.5, 0.6) is 5.75 Å². The lowest BCUT2D eigenvalue weighted by Gasteiger charge is -2.05. The third-order valence-electron chi connectivity index (χ3n) is 1.45. The minimum Gasteiger partial charge on any atom is -0.426 e. The van der Waals surface area contributed by atoms with Gasteiger partial charge >= 0.3 is 5.97 Å². The summed E-state index contributed by atoms with van der Waals surface area (Å²) in [4.78, 5) is 11.3. The molecule has 0 bridgehead atoms. The molecule has 0 aromatic heterocycles. The van der Waals surface area contributed by atoms with Crippen molar-refractivity contribution in [2.24, 2.45) is 0 Å². The molecule has 0 fully saturated rings. The van der Waals surface area contributed by atoms with Gasteiger partial charge in [0.25, 0.3) is 0 Å². The maximum Gasteiger partial charge on any atom is 0.308 e. The third-order valence-corrected chi connectivity index (χ3v) is 2.03. The first-order chi connectivity index (χ1) is 5.61. The van der Waals surface area contributed by atoms with Crippen LogP contribution in [0.2, 0.25) is 0 Å². The van der Waals surface area contributed by atoms with Gasteiger partial charge in [-0.1, -0.05) is 12.1 Å². The van der Waals surface area contributed by atoms with Crippen LogP contribution in [0.25, 0.3) is 0 Å². The molecule has 0 saturated carbocycles. The molecular weight excluding hydrogens is 172 g/mol. The molecule has 0 saturated heterocycles. The second-order valence-corrected chi connectivity index (χ2v) is 2.96. The standard InChI is InChI=1S/C9H10O2S/c1-6-4-3-5-8(9(6)12)11-7(2)10/h3-5,12H,1-2H3. The number of carbonyl (C=O) groups is 1. The van der Waals surface area contributed by atoms with Gasteiger partial charge in [-0.2, -0.15) is 0 Å². The van der Waals surface area contributed by atoms with Crippen LogP contribution in [0.4, 0.5) is 0 Å². The number of rotatable bonds is 1. The highest BCUT2D eigenvalue weighted by atomic mass is 32.1. The molecule has 1 aromatic rings. The second-order valence-electron chi connectivity index (χ2n) is 2.52. The van der Waals surface area contributed by atoms with E-state index in [9.17, 15) is 4.79 Å². The van der Waals surface area contributed by atoms with Crippen molar-refractivity contribution in [3.05, 3.63) is 23.8 Å². The predicted molar refractivity (Wildman–Crippen MR) is 49.7 cm³/mol. The Hall–Kier alpha value is -0.960. The molecule has 0 N–H and O–H groups in total. The van der Waals surface area contributed by atoms with Gasteiger partial charge in [0.05, 0.1) is 0 Å². The average Bonchev–Trinajstić information content (AvgIpc) is 1.98. The van der Waals surface area contributed by atoms with Gasteiger partial charge in [-0.15, -0.1) is 12.6 Å². The molecule has 0 aliphatic heterocycles. The van der Waals surface area contributed by atoms with Crippen molar-refractivity contribution < 1.29 is 9.53 Å². The fraction of sp³-hybridized carbons (Fsp3) is 0.222. The molecule has 12 heavy (non-hydrogen) atoms. The SMILES string of the molecule is CC(=O)Oc1cccc(C)c1S. The molecule has 0 spiro atoms. The zero-order chi connectivity index (χ0) is 9.14. The van der Waals surface area contributed by atoms with Crippen LogP contribution in [0.3, 0.4) is 0 Å². The monoisotopic (exact) mass is 182 g/mol. The first-order valence-electron chi connectivity index (χ1n) is 3.58. The highest BCUT2D eigenvalue weighted by molar-refractivity contribution is 7.80. The maximum atomic E-state index is 10.6. The van der Waals surface area contributed by atoms with E-state index in [1.54, 1.807) is 6.07 Å². The Labute approximate surface area is 77.0 Å². The van der Waals surface area contributed by atoms with Crippen LogP contribution in [0.15, 0.2) is 23.1 Å². The molecule has 1 aromatic carbocycles. The maximum absolute atomic E-state index is 10.6. The Balaban J connectivity index is 3.00. The molecule has 0 unspecified atom stereocenters. The van der Waals surface area contributed by atoms with Crippen molar-refractivity contribution in [3.8, 4) is 5.75 Å². The Kier molecular flexibility index (Phi) is 2.76. The first-order valence-corrected chi connectivity index (χ1v) is 4.03. The topological polar surface area (TPSA) is 26.3 Å². The summed E-state index contributed by atoms with van der Waals surface area (Å²) in [6.45, 7) is 3.28. The molecule has 0 amide bonds. The molecule has 0 radical (unpaired) electrons. The van der Waals surface area contributed by atoms with E-state index in [1.807, 2.05) is 19.1 Å². The predicted octanol–water partition coefficient (Wildman–Crippen LogP) is 2.21. The Morgan fingerprint density at radius 3 is 2.75 bits per heavy atom. The van der Waals surface area contributed by atoms with Crippen molar-refractivity contribution in [2.75, 3.05) is 0 Å². The van der Waals surface area contributed by atoms with Gasteiger partial charge in [-0.3, -0.25) is 4.79 Å². The number of hydrogen-bond donors (Lipinski definition) is 1. The van der Waals surface area contributed by atoms with E-state index in [0.29, 0.717) is 10.6 Å². The summed E-state index contributed by atoms with van der Waals surface area (Å²) >= 11 is 4.21. The minimum absolute atomic E-state index is 0.323. The fourth-order valence-electron chi connectivity index (χ4n) is 0.869. The molecule has 0 atom stereocenters. The molecular formula is C9H10O2S. The molecule has 0 heterocycles. The van der Waals surface area contributed by atoms with Crippen molar-refractivity contribution in [1.82, 2.24) is 0 Å². The average molecular weight is 182 g/mol. The van der Waals surface area contributed by atoms with Gasteiger partial charge in [0.2, 0.25) is 0 Å². The van der Waals surface area contributed by atoms with E-state index in [0.717, 1.165) is 5.56 Å². The van der Waals surface area contributed by atoms with Crippen LogP contribution < -0.4 is 4.74 Å². The van der Waals surface area contributed by atoms with Gasteiger partial charge in [0.1, 0.15) is 5.75 Å². The number of esters is 1. The van der Waals surface area contributed by atoms with Gasteiger partial charge in [-0.05, 0) is 18.6 Å². The van der Waals surface area contributed by atoms with Gasteiger partial charge in [0, 0.05) is 11.8 Å². The largest absolute Gasteiger partial charge is 0.426 e. The smallest absolute Gasteiger partial charge is 0.308 e. The number of aryl methyl sites for hydroxylation is 1. The summed E-state index contributed by atoms with van der Waals surface area (Å²) in [5, 5.41) is 0. The number of benzene rings is 1. The summed E-state index contributed by atoms with van der Waals surface area (Å²) in [5.41, 5.74) is 0.997. The van der Waals surface area contributed by atoms with Crippen LogP contribution in [0.1, 0.15) is 12.5 Å². The van der Waals surface area contributed by atoms with E-state index < -0.39 is 0 Å². The van der Waals surface area contributed by atoms with E-state index >= 15 is 0 Å². The summed E-state index contributed by atoms with van der Waals surface area (Å²) < 4.78 is 4.91. The fourth-order valence-corrected chi connectivity index (χ4v) is 1.06. The Morgan fingerprint density at radius 2 is 2.17 bits per heavy atom. The zero-order valence-electron chi connectivity index (χ0n) is 7.00. The molecule has 3 heteroatoms. The van der Waals surface area contributed by atoms with E-state index in [4.69, 9.17) is 4.74 Å². The van der Waals surface area contributed by atoms with Crippen molar-refractivity contribution in [2.45, 2.75) is 18.7 Å². The van der Waals surface area contributed by atoms with Crippen molar-refractivity contribution in [1.29, 1.82) is 0 Å². The lowest BCUT2D eigenvalue weighted by Crippen LogP contribution is -2.02. The first kappa shape index (κ1) is 9.13. The van der Waals surface area contributed by atoms with E-state index in [-0.39, 0.29) is 5.97 Å². The molecule has 1 rings (SSSR count). The summed E-state index contributed by atoms with van der Waals surface area (Å²) in [7, 11) is 0. The molecule has 0 aliphatic rings. The summed E-state index contributed by atoms with van der Waals surface area (Å²) in [6, 6.07) is 5.46. The second kappa shape index (κ2) is 3.63. The quantitative estimate of drug-likeness (QED) is 0.409. The number of hydrogen-bond acceptors (Lipinski definition) is 3. The minimum atomic E-state index is -0.323. The van der Waals surface area contributed by atoms with Crippen LogP contribution in [-0.2, 0) is 4.79 Å². The van der Waals surface area contributed by atoms with E-state index in [1.165, 1.54) is 6.92 Å². The lowest BCUT2D eigenvalue weighted by atomic mass is 10.2. The summed E-state index contributed by atoms with van der Waals surface area (Å²) in [6.07, 6.45) is 0. The molecule has 0 aliphatic carbocycles. The Morgan fingerprint density at radius 1 is 1.50 bits per heavy atom. The van der Waals surface area contributed by atoms with Crippen molar-refractivity contribution >= 4 is 18.6 Å². The Bertz CT molecular complexity index is 307. The molecule has 64 valence electrons. The van der Waals surface area contributed by atoms with Gasteiger partial charge < -0.3 is 4.74 Å². The number of ether oxygens (including phenoxy) is 1. The number of carbonyl (C=O) groups excluding carboxylic acids is 1. The van der Waals surface area contributed by atoms with E-state index in [2.05, 4.69) is 12.6 Å². The number of thiol groups is 1. The highest BCUT2D eigenvalue weighted by Gasteiger charge is 2.03. The normalized spacial score (nSPS) is 9.58. The zero-order valence-corrected chi connectivity index (χ0v) is 7.89. The summed E-state index contributed by atoms with van der Waals surface area (Å²) in [5.74, 6) is 0.196.